The maximum Gasteiger partial charge on any atom is 0.335 e. The van der Waals surface area contributed by atoms with Crippen LogP contribution in [-0.2, 0) is 20.7 Å². The molecular formula is C21H28N2O5. The number of hydrogen-bond donors (Lipinski definition) is 1. The molecule has 0 aromatic heterocycles. The molecule has 3 rings (SSSR count). The van der Waals surface area contributed by atoms with Gasteiger partial charge in [-0.05, 0) is 55.7 Å². The smallest absolute Gasteiger partial charge is 0.335 e. The zero-order valence-corrected chi connectivity index (χ0v) is 16.3. The number of fused-ring (bicyclic) bond motifs is 2. The molecule has 28 heavy (non-hydrogen) atoms. The summed E-state index contributed by atoms with van der Waals surface area (Å²) in [5.74, 6) is -0.496. The molecule has 7 nitrogen and oxygen atoms in total. The Balaban J connectivity index is 1.50. The van der Waals surface area contributed by atoms with Crippen LogP contribution in [0.4, 0.5) is 0 Å². The summed E-state index contributed by atoms with van der Waals surface area (Å²) in [5, 5.41) is 17.2. The van der Waals surface area contributed by atoms with Crippen molar-refractivity contribution in [1.82, 2.24) is 0 Å². The Hall–Kier alpha value is -2.28. The zero-order chi connectivity index (χ0) is 19.9. The first-order chi connectivity index (χ1) is 13.6. The maximum atomic E-state index is 11.5. The second kappa shape index (κ2) is 9.78. The van der Waals surface area contributed by atoms with Gasteiger partial charge in [0.2, 0.25) is 0 Å². The first-order valence-electron chi connectivity index (χ1n) is 10.0. The minimum absolute atomic E-state index is 0.0255. The van der Waals surface area contributed by atoms with Crippen LogP contribution >= 0.6 is 0 Å². The zero-order valence-electron chi connectivity index (χ0n) is 16.3. The summed E-state index contributed by atoms with van der Waals surface area (Å²) in [6.45, 7) is 2.92. The number of hydrogen-bond acceptors (Lipinski definition) is 6. The Morgan fingerprint density at radius 2 is 1.86 bits per heavy atom. The number of aromatic carboxylic acids is 1. The summed E-state index contributed by atoms with van der Waals surface area (Å²) < 4.78 is 11.1. The van der Waals surface area contributed by atoms with E-state index in [2.05, 4.69) is 10.2 Å². The second-order valence-corrected chi connectivity index (χ2v) is 7.50. The van der Waals surface area contributed by atoms with Gasteiger partial charge in [-0.1, -0.05) is 19.1 Å². The number of carboxylic acid groups (broad SMARTS) is 1. The summed E-state index contributed by atoms with van der Waals surface area (Å²) in [5.41, 5.74) is 1.44. The lowest BCUT2D eigenvalue weighted by Crippen LogP contribution is -2.29. The van der Waals surface area contributed by atoms with Crippen LogP contribution in [0.15, 0.2) is 34.5 Å². The van der Waals surface area contributed by atoms with Crippen LogP contribution in [0.5, 0.6) is 0 Å². The quantitative estimate of drug-likeness (QED) is 0.488. The van der Waals surface area contributed by atoms with Gasteiger partial charge in [-0.15, -0.1) is 0 Å². The molecule has 0 amide bonds. The number of esters is 1. The highest BCUT2D eigenvalue weighted by Gasteiger charge is 2.48. The number of benzene rings is 1. The van der Waals surface area contributed by atoms with Crippen LogP contribution in [0, 0.1) is 11.8 Å². The molecule has 0 aliphatic carbocycles. The monoisotopic (exact) mass is 388 g/mol. The SMILES string of the molecule is CCCOC(=O)CN=NCC1C2CCC(O2)C1CCc1ccc(C(=O)O)cc1. The van der Waals surface area contributed by atoms with Crippen LogP contribution in [-0.4, -0.2) is 48.9 Å². The standard InChI is InChI=1S/C21H28N2O5/c1-2-11-27-20(24)13-23-22-12-17-16(18-9-10-19(17)28-18)8-5-14-3-6-15(7-4-14)21(25)26/h3-4,6-7,16-19H,2,5,8-13H2,1H3,(H,25,26). The molecule has 2 bridgehead atoms. The van der Waals surface area contributed by atoms with Gasteiger partial charge in [0.15, 0.2) is 6.54 Å². The largest absolute Gasteiger partial charge is 0.478 e. The fraction of sp³-hybridized carbons (Fsp3) is 0.619. The molecule has 4 unspecified atom stereocenters. The fourth-order valence-electron chi connectivity index (χ4n) is 4.19. The lowest BCUT2D eigenvalue weighted by molar-refractivity contribution is -0.141. The molecule has 0 radical (unpaired) electrons. The minimum atomic E-state index is -0.906. The van der Waals surface area contributed by atoms with Crippen LogP contribution in [0.3, 0.4) is 0 Å². The van der Waals surface area contributed by atoms with E-state index in [1.807, 2.05) is 19.1 Å². The molecule has 2 aliphatic heterocycles. The van der Waals surface area contributed by atoms with Crippen LogP contribution < -0.4 is 0 Å². The summed E-state index contributed by atoms with van der Waals surface area (Å²) in [7, 11) is 0. The van der Waals surface area contributed by atoms with E-state index in [4.69, 9.17) is 14.6 Å². The van der Waals surface area contributed by atoms with E-state index in [0.717, 1.165) is 37.7 Å². The van der Waals surface area contributed by atoms with Crippen molar-refractivity contribution in [3.63, 3.8) is 0 Å². The molecule has 1 N–H and O–H groups in total. The van der Waals surface area contributed by atoms with Crippen molar-refractivity contribution in [2.24, 2.45) is 22.1 Å². The average Bonchev–Trinajstić information content (AvgIpc) is 3.30. The molecule has 2 fully saturated rings. The maximum absolute atomic E-state index is 11.5. The van der Waals surface area contributed by atoms with Gasteiger partial charge in [0.25, 0.3) is 0 Å². The van der Waals surface area contributed by atoms with Gasteiger partial charge in [-0.2, -0.15) is 10.2 Å². The second-order valence-electron chi connectivity index (χ2n) is 7.50. The van der Waals surface area contributed by atoms with E-state index in [0.29, 0.717) is 30.6 Å². The lowest BCUT2D eigenvalue weighted by atomic mass is 9.76. The van der Waals surface area contributed by atoms with Gasteiger partial charge < -0.3 is 14.6 Å². The van der Waals surface area contributed by atoms with Gasteiger partial charge in [0.05, 0.1) is 30.9 Å². The summed E-state index contributed by atoms with van der Waals surface area (Å²) in [6, 6.07) is 7.07. The number of carbonyl (C=O) groups is 2. The van der Waals surface area contributed by atoms with Gasteiger partial charge in [-0.25, -0.2) is 9.59 Å². The van der Waals surface area contributed by atoms with E-state index in [1.165, 1.54) is 0 Å². The highest BCUT2D eigenvalue weighted by Crippen LogP contribution is 2.45. The van der Waals surface area contributed by atoms with Crippen molar-refractivity contribution in [3.8, 4) is 0 Å². The molecule has 7 heteroatoms. The van der Waals surface area contributed by atoms with Crippen molar-refractivity contribution < 1.29 is 24.2 Å². The van der Waals surface area contributed by atoms with Gasteiger partial charge in [-0.3, -0.25) is 0 Å². The number of carboxylic acids is 1. The van der Waals surface area contributed by atoms with Crippen LogP contribution in [0.2, 0.25) is 0 Å². The highest BCUT2D eigenvalue weighted by atomic mass is 16.5. The van der Waals surface area contributed by atoms with Crippen LogP contribution in [0.25, 0.3) is 0 Å². The Bertz CT molecular complexity index is 703. The Labute approximate surface area is 165 Å². The number of carbonyl (C=O) groups excluding carboxylic acids is 1. The van der Waals surface area contributed by atoms with Crippen molar-refractivity contribution >= 4 is 11.9 Å². The fourth-order valence-corrected chi connectivity index (χ4v) is 4.19. The third-order valence-corrected chi connectivity index (χ3v) is 5.62. The molecule has 0 saturated carbocycles. The van der Waals surface area contributed by atoms with Gasteiger partial charge in [0, 0.05) is 5.92 Å². The van der Waals surface area contributed by atoms with E-state index < -0.39 is 5.97 Å². The van der Waals surface area contributed by atoms with E-state index >= 15 is 0 Å². The summed E-state index contributed by atoms with van der Waals surface area (Å²) in [6.07, 6.45) is 5.32. The van der Waals surface area contributed by atoms with Gasteiger partial charge >= 0.3 is 11.9 Å². The molecule has 2 saturated heterocycles. The molecule has 2 heterocycles. The van der Waals surface area contributed by atoms with Crippen LogP contribution in [0.1, 0.15) is 48.5 Å². The molecular weight excluding hydrogens is 360 g/mol. The number of nitrogens with zero attached hydrogens (tertiary/aromatic N) is 2. The van der Waals surface area contributed by atoms with Crippen molar-refractivity contribution in [2.75, 3.05) is 19.7 Å². The van der Waals surface area contributed by atoms with Crippen molar-refractivity contribution in [3.05, 3.63) is 35.4 Å². The molecule has 1 aromatic carbocycles. The molecule has 1 aromatic rings. The summed E-state index contributed by atoms with van der Waals surface area (Å²) >= 11 is 0. The molecule has 4 atom stereocenters. The third kappa shape index (κ3) is 5.16. The van der Waals surface area contributed by atoms with E-state index in [1.54, 1.807) is 12.1 Å². The van der Waals surface area contributed by atoms with E-state index in [9.17, 15) is 9.59 Å². The van der Waals surface area contributed by atoms with E-state index in [-0.39, 0.29) is 24.7 Å². The lowest BCUT2D eigenvalue weighted by Gasteiger charge is -2.26. The molecule has 0 spiro atoms. The van der Waals surface area contributed by atoms with Crippen molar-refractivity contribution in [2.45, 2.75) is 51.2 Å². The minimum Gasteiger partial charge on any atom is -0.478 e. The van der Waals surface area contributed by atoms with Crippen molar-refractivity contribution in [1.29, 1.82) is 0 Å². The topological polar surface area (TPSA) is 97.5 Å². The summed E-state index contributed by atoms with van der Waals surface area (Å²) in [4.78, 5) is 22.4. The average molecular weight is 388 g/mol. The number of rotatable bonds is 10. The number of ether oxygens (including phenoxy) is 2. The molecule has 2 aliphatic rings. The van der Waals surface area contributed by atoms with Gasteiger partial charge in [0.1, 0.15) is 0 Å². The number of aryl methyl sites for hydroxylation is 1. The Kier molecular flexibility index (Phi) is 7.14. The third-order valence-electron chi connectivity index (χ3n) is 5.62. The molecule has 152 valence electrons. The predicted molar refractivity (Wildman–Crippen MR) is 102 cm³/mol. The highest BCUT2D eigenvalue weighted by molar-refractivity contribution is 5.87. The first kappa shape index (κ1) is 20.5. The number of azo groups is 1. The Morgan fingerprint density at radius 1 is 1.14 bits per heavy atom. The Morgan fingerprint density at radius 3 is 2.54 bits per heavy atom. The first-order valence-corrected chi connectivity index (χ1v) is 10.0. The predicted octanol–water partition coefficient (Wildman–Crippen LogP) is 3.52. The normalized spacial score (nSPS) is 26.0.